The van der Waals surface area contributed by atoms with Crippen LogP contribution in [0, 0.1) is 0 Å². The van der Waals surface area contributed by atoms with Crippen LogP contribution >= 0.6 is 24.0 Å². The Kier molecular flexibility index (Phi) is 9.06. The van der Waals surface area contributed by atoms with Gasteiger partial charge in [0.25, 0.3) is 0 Å². The second kappa shape index (κ2) is 7.94. The molecule has 0 aliphatic carbocycles. The van der Waals surface area contributed by atoms with E-state index >= 15 is 0 Å². The van der Waals surface area contributed by atoms with E-state index in [1.165, 1.54) is 0 Å². The summed E-state index contributed by atoms with van der Waals surface area (Å²) in [5, 5.41) is 7.53. The molecule has 0 radical (unpaired) electrons. The number of guanidine groups is 1. The highest BCUT2D eigenvalue weighted by Crippen LogP contribution is 2.04. The zero-order chi connectivity index (χ0) is 9.56. The molecule has 0 aliphatic rings. The Morgan fingerprint density at radius 2 is 2.08 bits per heavy atom. The highest BCUT2D eigenvalue weighted by molar-refractivity contribution is 6.29. The fourth-order valence-corrected chi connectivity index (χ4v) is 0.756. The van der Waals surface area contributed by atoms with E-state index in [0.717, 1.165) is 0 Å². The lowest BCUT2D eigenvalue weighted by atomic mass is 10.2. The predicted octanol–water partition coefficient (Wildman–Crippen LogP) is 0.154. The molecule has 0 bridgehead atoms. The van der Waals surface area contributed by atoms with E-state index in [1.54, 1.807) is 0 Å². The van der Waals surface area contributed by atoms with Gasteiger partial charge in [-0.25, -0.2) is 0 Å². The molecular formula is C6H13Cl2N3O2. The summed E-state index contributed by atoms with van der Waals surface area (Å²) < 4.78 is 0. The van der Waals surface area contributed by atoms with Crippen molar-refractivity contribution in [3.8, 4) is 0 Å². The molecule has 5 nitrogen and oxygen atoms in total. The van der Waals surface area contributed by atoms with Crippen LogP contribution in [0.3, 0.4) is 0 Å². The Balaban J connectivity index is 0. The van der Waals surface area contributed by atoms with E-state index in [1.807, 2.05) is 0 Å². The first-order chi connectivity index (χ1) is 5.54. The summed E-state index contributed by atoms with van der Waals surface area (Å²) in [6, 6.07) is 0. The molecule has 0 saturated heterocycles. The minimum Gasteiger partial charge on any atom is -0.480 e. The van der Waals surface area contributed by atoms with Crippen LogP contribution in [0.1, 0.15) is 12.8 Å². The van der Waals surface area contributed by atoms with Gasteiger partial charge in [0, 0.05) is 6.54 Å². The van der Waals surface area contributed by atoms with Gasteiger partial charge in [-0.15, -0.1) is 24.0 Å². The number of carboxylic acids is 1. The van der Waals surface area contributed by atoms with Gasteiger partial charge in [-0.3, -0.25) is 9.79 Å². The van der Waals surface area contributed by atoms with Crippen LogP contribution in [-0.4, -0.2) is 29.0 Å². The highest BCUT2D eigenvalue weighted by Gasteiger charge is 2.11. The lowest BCUT2D eigenvalue weighted by Gasteiger charge is -2.00. The van der Waals surface area contributed by atoms with Crippen molar-refractivity contribution in [3.05, 3.63) is 0 Å². The lowest BCUT2D eigenvalue weighted by molar-refractivity contribution is -0.136. The van der Waals surface area contributed by atoms with Crippen molar-refractivity contribution in [2.24, 2.45) is 16.5 Å². The number of nitrogens with two attached hydrogens (primary N) is 2. The Bertz CT molecular complexity index is 183. The van der Waals surface area contributed by atoms with Crippen molar-refractivity contribution in [3.63, 3.8) is 0 Å². The molecule has 0 aromatic rings. The maximum absolute atomic E-state index is 10.2. The minimum atomic E-state index is -1.01. The number of hydrogen-bond acceptors (Lipinski definition) is 2. The molecule has 0 rings (SSSR count). The zero-order valence-corrected chi connectivity index (χ0v) is 8.51. The molecule has 0 aromatic heterocycles. The van der Waals surface area contributed by atoms with Crippen LogP contribution in [0.25, 0.3) is 0 Å². The second-order valence-corrected chi connectivity index (χ2v) is 2.78. The quantitative estimate of drug-likeness (QED) is 0.271. The number of halogens is 2. The minimum absolute atomic E-state index is 0. The first-order valence-electron chi connectivity index (χ1n) is 3.46. The molecule has 1 unspecified atom stereocenters. The molecule has 0 heterocycles. The van der Waals surface area contributed by atoms with E-state index in [9.17, 15) is 4.79 Å². The van der Waals surface area contributed by atoms with E-state index in [0.29, 0.717) is 19.4 Å². The highest BCUT2D eigenvalue weighted by atomic mass is 35.5. The van der Waals surface area contributed by atoms with Gasteiger partial charge in [-0.2, -0.15) is 0 Å². The largest absolute Gasteiger partial charge is 0.480 e. The lowest BCUT2D eigenvalue weighted by Crippen LogP contribution is -2.23. The molecule has 0 aromatic carbocycles. The average molecular weight is 230 g/mol. The van der Waals surface area contributed by atoms with Crippen LogP contribution in [0.15, 0.2) is 4.99 Å². The van der Waals surface area contributed by atoms with Gasteiger partial charge in [0.2, 0.25) is 0 Å². The average Bonchev–Trinajstić information content (AvgIpc) is 1.97. The van der Waals surface area contributed by atoms with Crippen molar-refractivity contribution in [1.29, 1.82) is 0 Å². The Morgan fingerprint density at radius 1 is 1.54 bits per heavy atom. The monoisotopic (exact) mass is 229 g/mol. The maximum atomic E-state index is 10.2. The third-order valence-electron chi connectivity index (χ3n) is 1.18. The summed E-state index contributed by atoms with van der Waals surface area (Å²) >= 11 is 5.42. The van der Waals surface area contributed by atoms with Crippen LogP contribution in [0.4, 0.5) is 0 Å². The molecule has 0 saturated carbocycles. The molecule has 0 amide bonds. The Hall–Kier alpha value is -0.680. The SMILES string of the molecule is Cl.NC(N)=NCCCC(Cl)C(=O)O. The number of aliphatic imine (C=N–C) groups is 1. The molecular weight excluding hydrogens is 217 g/mol. The zero-order valence-electron chi connectivity index (χ0n) is 6.94. The molecule has 1 atom stereocenters. The van der Waals surface area contributed by atoms with Crippen LogP contribution in [0.5, 0.6) is 0 Å². The Labute approximate surface area is 87.6 Å². The number of carboxylic acid groups (broad SMARTS) is 1. The number of carbonyl (C=O) groups is 1. The third-order valence-corrected chi connectivity index (χ3v) is 1.58. The van der Waals surface area contributed by atoms with Gasteiger partial charge in [-0.05, 0) is 12.8 Å². The van der Waals surface area contributed by atoms with E-state index in [2.05, 4.69) is 4.99 Å². The number of alkyl halides is 1. The smallest absolute Gasteiger partial charge is 0.321 e. The van der Waals surface area contributed by atoms with Crippen molar-refractivity contribution in [2.45, 2.75) is 18.2 Å². The second-order valence-electron chi connectivity index (χ2n) is 2.25. The first-order valence-corrected chi connectivity index (χ1v) is 3.90. The fraction of sp³-hybridized carbons (Fsp3) is 0.667. The molecule has 0 aliphatic heterocycles. The van der Waals surface area contributed by atoms with Gasteiger partial charge in [0.05, 0.1) is 0 Å². The number of rotatable bonds is 5. The van der Waals surface area contributed by atoms with Crippen LogP contribution < -0.4 is 11.5 Å². The van der Waals surface area contributed by atoms with Gasteiger partial charge in [-0.1, -0.05) is 0 Å². The molecule has 0 fully saturated rings. The number of hydrogen-bond donors (Lipinski definition) is 3. The fourth-order valence-electron chi connectivity index (χ4n) is 0.602. The summed E-state index contributed by atoms with van der Waals surface area (Å²) in [4.78, 5) is 13.9. The molecule has 78 valence electrons. The van der Waals surface area contributed by atoms with Gasteiger partial charge in [0.1, 0.15) is 5.38 Å². The van der Waals surface area contributed by atoms with Crippen molar-refractivity contribution >= 4 is 35.9 Å². The third kappa shape index (κ3) is 9.23. The molecule has 7 heteroatoms. The van der Waals surface area contributed by atoms with Crippen LogP contribution in [0.2, 0.25) is 0 Å². The van der Waals surface area contributed by atoms with Crippen LogP contribution in [-0.2, 0) is 4.79 Å². The number of aliphatic carboxylic acids is 1. The topological polar surface area (TPSA) is 102 Å². The predicted molar refractivity (Wildman–Crippen MR) is 54.4 cm³/mol. The molecule has 0 spiro atoms. The molecule has 5 N–H and O–H groups in total. The van der Waals surface area contributed by atoms with Crippen molar-refractivity contribution in [2.75, 3.05) is 6.54 Å². The normalized spacial score (nSPS) is 11.2. The Morgan fingerprint density at radius 3 is 2.46 bits per heavy atom. The molecule has 13 heavy (non-hydrogen) atoms. The summed E-state index contributed by atoms with van der Waals surface area (Å²) in [5.74, 6) is -1.00. The summed E-state index contributed by atoms with van der Waals surface area (Å²) in [6.45, 7) is 0.416. The summed E-state index contributed by atoms with van der Waals surface area (Å²) in [7, 11) is 0. The number of nitrogens with zero attached hydrogens (tertiary/aromatic N) is 1. The standard InChI is InChI=1S/C6H12ClN3O2.ClH/c7-4(5(11)12)2-1-3-10-6(8)9;/h4H,1-3H2,(H,11,12)(H4,8,9,10);1H. The van der Waals surface area contributed by atoms with E-state index in [-0.39, 0.29) is 18.4 Å². The van der Waals surface area contributed by atoms with Crippen molar-refractivity contribution < 1.29 is 9.90 Å². The van der Waals surface area contributed by atoms with E-state index < -0.39 is 11.3 Å². The summed E-state index contributed by atoms with van der Waals surface area (Å²) in [5.41, 5.74) is 10.1. The van der Waals surface area contributed by atoms with Gasteiger partial charge >= 0.3 is 5.97 Å². The maximum Gasteiger partial charge on any atom is 0.321 e. The first kappa shape index (κ1) is 14.8. The van der Waals surface area contributed by atoms with Crippen molar-refractivity contribution in [1.82, 2.24) is 0 Å². The van der Waals surface area contributed by atoms with Gasteiger partial charge < -0.3 is 16.6 Å². The van der Waals surface area contributed by atoms with E-state index in [4.69, 9.17) is 28.2 Å². The van der Waals surface area contributed by atoms with Gasteiger partial charge in [0.15, 0.2) is 5.96 Å². The summed E-state index contributed by atoms with van der Waals surface area (Å²) in [6.07, 6.45) is 0.937.